The fourth-order valence-electron chi connectivity index (χ4n) is 3.17. The number of hydrogen-bond donors (Lipinski definition) is 1. The van der Waals surface area contributed by atoms with Crippen molar-refractivity contribution >= 4 is 23.5 Å². The second kappa shape index (κ2) is 8.34. The molecule has 0 aromatic heterocycles. The Bertz CT molecular complexity index is 662. The van der Waals surface area contributed by atoms with E-state index in [0.717, 1.165) is 30.6 Å². The van der Waals surface area contributed by atoms with Crippen LogP contribution in [0.5, 0.6) is 0 Å². The third-order valence-electron chi connectivity index (χ3n) is 4.82. The molecule has 3 atom stereocenters. The van der Waals surface area contributed by atoms with Crippen LogP contribution in [0.15, 0.2) is 24.3 Å². The van der Waals surface area contributed by atoms with E-state index in [0.29, 0.717) is 12.8 Å². The molecule has 1 saturated carbocycles. The average molecular weight is 352 g/mol. The first-order valence-corrected chi connectivity index (χ1v) is 8.39. The standard InChI is InChI=1S/C18H22N2O4.Na/c1-11(19-17(22)14-10-15(14)18(23)24)12-5-7-13(8-6-12)20-9-3-2-4-16(20)21;/h5-8,11,14-15H,2-4,9-10H2,1H3,(H,19,22)(H,23,24);/q;+1/p-1/t11?,14-,15+;/m1./s1. The van der Waals surface area contributed by atoms with Crippen molar-refractivity contribution in [1.29, 1.82) is 0 Å². The molecule has 0 bridgehead atoms. The zero-order chi connectivity index (χ0) is 17.3. The van der Waals surface area contributed by atoms with E-state index < -0.39 is 17.8 Å². The Balaban J connectivity index is 0.00000225. The Morgan fingerprint density at radius 1 is 1.20 bits per heavy atom. The first-order valence-electron chi connectivity index (χ1n) is 8.39. The molecule has 6 nitrogen and oxygen atoms in total. The molecule has 7 heteroatoms. The van der Waals surface area contributed by atoms with Crippen LogP contribution in [0.1, 0.15) is 44.2 Å². The fourth-order valence-corrected chi connectivity index (χ4v) is 3.17. The van der Waals surface area contributed by atoms with Gasteiger partial charge in [-0.15, -0.1) is 0 Å². The van der Waals surface area contributed by atoms with Gasteiger partial charge < -0.3 is 20.1 Å². The predicted molar refractivity (Wildman–Crippen MR) is 85.8 cm³/mol. The summed E-state index contributed by atoms with van der Waals surface area (Å²) in [6.07, 6.45) is 2.91. The van der Waals surface area contributed by atoms with Gasteiger partial charge in [-0.1, -0.05) is 12.1 Å². The molecule has 2 fully saturated rings. The monoisotopic (exact) mass is 352 g/mol. The number of carbonyl (C=O) groups is 3. The molecule has 1 unspecified atom stereocenters. The third-order valence-corrected chi connectivity index (χ3v) is 4.82. The van der Waals surface area contributed by atoms with Crippen LogP contribution in [0.3, 0.4) is 0 Å². The van der Waals surface area contributed by atoms with Crippen LogP contribution in [0.25, 0.3) is 0 Å². The molecule has 2 amide bonds. The summed E-state index contributed by atoms with van der Waals surface area (Å²) in [7, 11) is 0. The normalized spacial score (nSPS) is 23.4. The fraction of sp³-hybridized carbons (Fsp3) is 0.500. The third kappa shape index (κ3) is 4.63. The van der Waals surface area contributed by atoms with E-state index in [1.807, 2.05) is 31.2 Å². The van der Waals surface area contributed by atoms with Gasteiger partial charge in [0.1, 0.15) is 0 Å². The van der Waals surface area contributed by atoms with E-state index in [9.17, 15) is 19.5 Å². The molecule has 1 N–H and O–H groups in total. The number of hydrogen-bond acceptors (Lipinski definition) is 4. The number of carboxylic acid groups (broad SMARTS) is 1. The maximum Gasteiger partial charge on any atom is 1.00 e. The minimum absolute atomic E-state index is 0. The van der Waals surface area contributed by atoms with Gasteiger partial charge in [-0.3, -0.25) is 9.59 Å². The Morgan fingerprint density at radius 3 is 2.44 bits per heavy atom. The molecule has 1 aliphatic carbocycles. The van der Waals surface area contributed by atoms with Crippen LogP contribution >= 0.6 is 0 Å². The zero-order valence-electron chi connectivity index (χ0n) is 14.7. The molecule has 1 saturated heterocycles. The molecule has 0 spiro atoms. The largest absolute Gasteiger partial charge is 1.00 e. The number of amides is 2. The summed E-state index contributed by atoms with van der Waals surface area (Å²) in [5.41, 5.74) is 1.79. The van der Waals surface area contributed by atoms with Gasteiger partial charge >= 0.3 is 29.6 Å². The van der Waals surface area contributed by atoms with Crippen LogP contribution in [0.2, 0.25) is 0 Å². The van der Waals surface area contributed by atoms with E-state index in [4.69, 9.17) is 0 Å². The summed E-state index contributed by atoms with van der Waals surface area (Å²) in [6, 6.07) is 7.35. The molecule has 1 aromatic carbocycles. The van der Waals surface area contributed by atoms with Crippen molar-refractivity contribution in [2.45, 2.75) is 38.6 Å². The number of piperidine rings is 1. The molecule has 25 heavy (non-hydrogen) atoms. The van der Waals surface area contributed by atoms with Crippen LogP contribution in [-0.2, 0) is 14.4 Å². The maximum absolute atomic E-state index is 12.0. The molecule has 0 radical (unpaired) electrons. The summed E-state index contributed by atoms with van der Waals surface area (Å²) >= 11 is 0. The second-order valence-electron chi connectivity index (χ2n) is 6.59. The molecule has 1 heterocycles. The molecule has 1 aliphatic heterocycles. The van der Waals surface area contributed by atoms with E-state index in [1.54, 1.807) is 4.90 Å². The van der Waals surface area contributed by atoms with Gasteiger partial charge in [0, 0.05) is 36.5 Å². The summed E-state index contributed by atoms with van der Waals surface area (Å²) in [5, 5.41) is 13.6. The van der Waals surface area contributed by atoms with Gasteiger partial charge in [0.2, 0.25) is 11.8 Å². The van der Waals surface area contributed by atoms with Crippen molar-refractivity contribution in [1.82, 2.24) is 5.32 Å². The molecular weight excluding hydrogens is 331 g/mol. The van der Waals surface area contributed by atoms with E-state index >= 15 is 0 Å². The molecule has 3 rings (SSSR count). The van der Waals surface area contributed by atoms with Crippen molar-refractivity contribution in [3.8, 4) is 0 Å². The van der Waals surface area contributed by atoms with Gasteiger partial charge in [-0.25, -0.2) is 0 Å². The van der Waals surface area contributed by atoms with Crippen molar-refractivity contribution in [2.75, 3.05) is 11.4 Å². The SMILES string of the molecule is CC(NC(=O)[C@@H]1C[C@@H]1C(=O)[O-])c1ccc(N2CCCCC2=O)cc1.[Na+]. The number of carboxylic acids is 1. The van der Waals surface area contributed by atoms with Crippen LogP contribution in [0.4, 0.5) is 5.69 Å². The van der Waals surface area contributed by atoms with Crippen molar-refractivity contribution in [2.24, 2.45) is 11.8 Å². The summed E-state index contributed by atoms with van der Waals surface area (Å²) in [4.78, 5) is 36.5. The molecular formula is C18H21N2NaO4. The molecule has 1 aromatic rings. The Hall–Kier alpha value is -1.37. The number of nitrogens with one attached hydrogen (secondary N) is 1. The Labute approximate surface area is 169 Å². The summed E-state index contributed by atoms with van der Waals surface area (Å²) < 4.78 is 0. The van der Waals surface area contributed by atoms with Gasteiger partial charge in [0.15, 0.2) is 0 Å². The van der Waals surface area contributed by atoms with E-state index in [2.05, 4.69) is 5.32 Å². The van der Waals surface area contributed by atoms with Crippen LogP contribution < -0.4 is 44.9 Å². The van der Waals surface area contributed by atoms with E-state index in [-0.39, 0.29) is 47.4 Å². The van der Waals surface area contributed by atoms with Crippen molar-refractivity contribution in [3.63, 3.8) is 0 Å². The number of aliphatic carboxylic acids is 1. The Morgan fingerprint density at radius 2 is 1.88 bits per heavy atom. The van der Waals surface area contributed by atoms with Gasteiger partial charge in [-0.2, -0.15) is 0 Å². The number of nitrogens with zero attached hydrogens (tertiary/aromatic N) is 1. The quantitative estimate of drug-likeness (QED) is 0.608. The van der Waals surface area contributed by atoms with Gasteiger partial charge in [-0.05, 0) is 43.9 Å². The Kier molecular flexibility index (Phi) is 6.65. The zero-order valence-corrected chi connectivity index (χ0v) is 16.7. The van der Waals surface area contributed by atoms with Crippen molar-refractivity contribution < 1.29 is 49.0 Å². The molecule has 2 aliphatic rings. The van der Waals surface area contributed by atoms with Gasteiger partial charge in [0.05, 0.1) is 6.04 Å². The van der Waals surface area contributed by atoms with Crippen LogP contribution in [-0.4, -0.2) is 24.3 Å². The smallest absolute Gasteiger partial charge is 0.550 e. The number of carbonyl (C=O) groups excluding carboxylic acids is 3. The first-order chi connectivity index (χ1) is 11.5. The number of benzene rings is 1. The van der Waals surface area contributed by atoms with Gasteiger partial charge in [0.25, 0.3) is 0 Å². The minimum Gasteiger partial charge on any atom is -0.550 e. The van der Waals surface area contributed by atoms with E-state index in [1.165, 1.54) is 0 Å². The summed E-state index contributed by atoms with van der Waals surface area (Å²) in [6.45, 7) is 2.60. The average Bonchev–Trinajstić information content (AvgIpc) is 3.36. The predicted octanol–water partition coefficient (Wildman–Crippen LogP) is -2.23. The number of rotatable bonds is 5. The summed E-state index contributed by atoms with van der Waals surface area (Å²) in [5.74, 6) is -2.37. The van der Waals surface area contributed by atoms with Crippen molar-refractivity contribution in [3.05, 3.63) is 29.8 Å². The minimum atomic E-state index is -1.15. The number of anilines is 1. The molecule has 128 valence electrons. The second-order valence-corrected chi connectivity index (χ2v) is 6.59. The van der Waals surface area contributed by atoms with Crippen LogP contribution in [0, 0.1) is 11.8 Å². The maximum atomic E-state index is 12.0. The first kappa shape index (κ1) is 19.9. The topological polar surface area (TPSA) is 89.5 Å².